The van der Waals surface area contributed by atoms with Gasteiger partial charge in [0, 0.05) is 10.6 Å². The van der Waals surface area contributed by atoms with E-state index in [1.807, 2.05) is 24.3 Å². The minimum atomic E-state index is -0.693. The third-order valence-electron chi connectivity index (χ3n) is 2.89. The lowest BCUT2D eigenvalue weighted by Gasteiger charge is -2.07. The Hall–Kier alpha value is -2.47. The highest BCUT2D eigenvalue weighted by atomic mass is 32.2. The van der Waals surface area contributed by atoms with E-state index in [2.05, 4.69) is 41.7 Å². The van der Waals surface area contributed by atoms with Crippen molar-refractivity contribution < 1.29 is 9.53 Å². The Morgan fingerprint density at radius 1 is 1.30 bits per heavy atom. The second kappa shape index (κ2) is 8.85. The van der Waals surface area contributed by atoms with Crippen molar-refractivity contribution in [2.75, 3.05) is 12.4 Å². The Morgan fingerprint density at radius 2 is 2.09 bits per heavy atom. The molecule has 2 aromatic rings. The summed E-state index contributed by atoms with van der Waals surface area (Å²) < 4.78 is 5.73. The molecule has 120 valence electrons. The summed E-state index contributed by atoms with van der Waals surface area (Å²) in [5.74, 6) is 1.63. The van der Waals surface area contributed by atoms with Gasteiger partial charge >= 0.3 is 6.03 Å². The van der Waals surface area contributed by atoms with Gasteiger partial charge in [-0.1, -0.05) is 29.8 Å². The summed E-state index contributed by atoms with van der Waals surface area (Å²) in [6.45, 7) is 2.69. The molecule has 0 saturated carbocycles. The average molecular weight is 329 g/mol. The lowest BCUT2D eigenvalue weighted by molar-refractivity contribution is 0.249. The number of nitrogens with one attached hydrogen (secondary N) is 1. The van der Waals surface area contributed by atoms with Crippen LogP contribution in [0.15, 0.2) is 58.5 Å². The number of rotatable bonds is 7. The molecule has 2 aromatic carbocycles. The third-order valence-corrected chi connectivity index (χ3v) is 3.86. The topological polar surface area (TPSA) is 76.7 Å². The van der Waals surface area contributed by atoms with Crippen LogP contribution in [0, 0.1) is 6.92 Å². The van der Waals surface area contributed by atoms with Gasteiger partial charge < -0.3 is 10.5 Å². The lowest BCUT2D eigenvalue weighted by atomic mass is 10.2. The van der Waals surface area contributed by atoms with Crippen molar-refractivity contribution in [1.82, 2.24) is 5.43 Å². The molecule has 0 atom stereocenters. The van der Waals surface area contributed by atoms with Gasteiger partial charge in [0.2, 0.25) is 0 Å². The number of urea groups is 1. The molecule has 5 nitrogen and oxygen atoms in total. The number of nitrogens with zero attached hydrogens (tertiary/aromatic N) is 1. The molecule has 0 heterocycles. The molecule has 6 heteroatoms. The standard InChI is InChI=1S/C17H19N3O2S/c1-13-5-7-16(8-6-13)23-10-9-22-15-4-2-3-14(11-15)12-19-20-17(18)21/h2-8,11-12H,9-10H2,1H3,(H3,18,20,21)/b19-12-. The maximum absolute atomic E-state index is 10.5. The number of carbonyl (C=O) groups excluding carboxylic acids is 1. The summed E-state index contributed by atoms with van der Waals surface area (Å²) in [5, 5.41) is 3.72. The van der Waals surface area contributed by atoms with Crippen LogP contribution in [0.5, 0.6) is 5.75 Å². The summed E-state index contributed by atoms with van der Waals surface area (Å²) in [4.78, 5) is 11.8. The van der Waals surface area contributed by atoms with E-state index in [1.165, 1.54) is 16.7 Å². The van der Waals surface area contributed by atoms with E-state index in [-0.39, 0.29) is 0 Å². The van der Waals surface area contributed by atoms with E-state index in [0.29, 0.717) is 6.61 Å². The summed E-state index contributed by atoms with van der Waals surface area (Å²) in [7, 11) is 0. The summed E-state index contributed by atoms with van der Waals surface area (Å²) >= 11 is 1.76. The van der Waals surface area contributed by atoms with Crippen molar-refractivity contribution in [2.45, 2.75) is 11.8 Å². The molecule has 0 unspecified atom stereocenters. The van der Waals surface area contributed by atoms with Crippen LogP contribution in [0.25, 0.3) is 0 Å². The van der Waals surface area contributed by atoms with Crippen LogP contribution in [-0.4, -0.2) is 24.6 Å². The Morgan fingerprint density at radius 3 is 2.83 bits per heavy atom. The first kappa shape index (κ1) is 16.9. The van der Waals surface area contributed by atoms with Crippen molar-refractivity contribution in [3.8, 4) is 5.75 Å². The number of nitrogens with two attached hydrogens (primary N) is 1. The van der Waals surface area contributed by atoms with E-state index in [0.717, 1.165) is 17.1 Å². The number of hydrogen-bond acceptors (Lipinski definition) is 4. The van der Waals surface area contributed by atoms with E-state index >= 15 is 0 Å². The van der Waals surface area contributed by atoms with Crippen molar-refractivity contribution in [1.29, 1.82) is 0 Å². The van der Waals surface area contributed by atoms with Crippen LogP contribution < -0.4 is 15.9 Å². The van der Waals surface area contributed by atoms with Crippen LogP contribution in [0.1, 0.15) is 11.1 Å². The van der Waals surface area contributed by atoms with Crippen LogP contribution in [0.3, 0.4) is 0 Å². The molecule has 3 N–H and O–H groups in total. The predicted octanol–water partition coefficient (Wildman–Crippen LogP) is 3.17. The minimum Gasteiger partial charge on any atom is -0.493 e. The second-order valence-electron chi connectivity index (χ2n) is 4.82. The highest BCUT2D eigenvalue weighted by Crippen LogP contribution is 2.19. The van der Waals surface area contributed by atoms with Crippen molar-refractivity contribution in [3.63, 3.8) is 0 Å². The first-order valence-corrected chi connectivity index (χ1v) is 8.13. The molecule has 23 heavy (non-hydrogen) atoms. The lowest BCUT2D eigenvalue weighted by Crippen LogP contribution is -2.24. The second-order valence-corrected chi connectivity index (χ2v) is 5.99. The molecule has 0 radical (unpaired) electrons. The molecule has 2 amide bonds. The van der Waals surface area contributed by atoms with Crippen molar-refractivity contribution in [3.05, 3.63) is 59.7 Å². The van der Waals surface area contributed by atoms with Gasteiger partial charge in [-0.15, -0.1) is 11.8 Å². The fraction of sp³-hybridized carbons (Fsp3) is 0.176. The minimum absolute atomic E-state index is 0.610. The number of amides is 2. The smallest absolute Gasteiger partial charge is 0.332 e. The third kappa shape index (κ3) is 6.44. The summed E-state index contributed by atoms with van der Waals surface area (Å²) in [6.07, 6.45) is 1.51. The number of primary amides is 1. The number of ether oxygens (including phenoxy) is 1. The maximum Gasteiger partial charge on any atom is 0.332 e. The molecule has 0 aliphatic rings. The molecule has 0 bridgehead atoms. The first-order chi connectivity index (χ1) is 11.1. The Labute approximate surface area is 139 Å². The molecular weight excluding hydrogens is 310 g/mol. The molecular formula is C17H19N3O2S. The van der Waals surface area contributed by atoms with Crippen LogP contribution in [-0.2, 0) is 0 Å². The van der Waals surface area contributed by atoms with Crippen LogP contribution >= 0.6 is 11.8 Å². The van der Waals surface area contributed by atoms with Crippen molar-refractivity contribution >= 4 is 24.0 Å². The van der Waals surface area contributed by atoms with Gasteiger partial charge in [0.05, 0.1) is 12.8 Å². The zero-order valence-electron chi connectivity index (χ0n) is 12.9. The summed E-state index contributed by atoms with van der Waals surface area (Å²) in [6, 6.07) is 15.2. The summed E-state index contributed by atoms with van der Waals surface area (Å²) in [5.41, 5.74) is 9.17. The molecule has 0 aliphatic heterocycles. The van der Waals surface area contributed by atoms with Gasteiger partial charge in [-0.25, -0.2) is 10.2 Å². The van der Waals surface area contributed by atoms with Gasteiger partial charge in [-0.2, -0.15) is 5.10 Å². The molecule has 0 fully saturated rings. The first-order valence-electron chi connectivity index (χ1n) is 7.14. The average Bonchev–Trinajstić information content (AvgIpc) is 2.53. The maximum atomic E-state index is 10.5. The van der Waals surface area contributed by atoms with Crippen LogP contribution in [0.2, 0.25) is 0 Å². The quantitative estimate of drug-likeness (QED) is 0.354. The highest BCUT2D eigenvalue weighted by Gasteiger charge is 1.98. The number of carbonyl (C=O) groups is 1. The van der Waals surface area contributed by atoms with Gasteiger partial charge in [-0.05, 0) is 36.8 Å². The van der Waals surface area contributed by atoms with E-state index in [9.17, 15) is 4.79 Å². The monoisotopic (exact) mass is 329 g/mol. The Bertz CT molecular complexity index is 672. The zero-order valence-corrected chi connectivity index (χ0v) is 13.7. The number of hydrazone groups is 1. The Balaban J connectivity index is 1.78. The van der Waals surface area contributed by atoms with Crippen molar-refractivity contribution in [2.24, 2.45) is 10.8 Å². The molecule has 0 aliphatic carbocycles. The highest BCUT2D eigenvalue weighted by molar-refractivity contribution is 7.99. The number of hydrogen-bond donors (Lipinski definition) is 2. The normalized spacial score (nSPS) is 10.7. The van der Waals surface area contributed by atoms with E-state index in [1.54, 1.807) is 11.8 Å². The fourth-order valence-electron chi connectivity index (χ4n) is 1.81. The van der Waals surface area contributed by atoms with Gasteiger partial charge in [0.1, 0.15) is 5.75 Å². The molecule has 2 rings (SSSR count). The Kier molecular flexibility index (Phi) is 6.50. The predicted molar refractivity (Wildman–Crippen MR) is 94.2 cm³/mol. The number of aryl methyl sites for hydroxylation is 1. The SMILES string of the molecule is Cc1ccc(SCCOc2cccc(/C=N\NC(N)=O)c2)cc1. The molecule has 0 spiro atoms. The number of benzene rings is 2. The van der Waals surface area contributed by atoms with E-state index < -0.39 is 6.03 Å². The molecule has 0 saturated heterocycles. The van der Waals surface area contributed by atoms with Crippen LogP contribution in [0.4, 0.5) is 4.79 Å². The molecule has 0 aromatic heterocycles. The largest absolute Gasteiger partial charge is 0.493 e. The fourth-order valence-corrected chi connectivity index (χ4v) is 2.54. The van der Waals surface area contributed by atoms with E-state index in [4.69, 9.17) is 10.5 Å². The van der Waals surface area contributed by atoms with Gasteiger partial charge in [0.15, 0.2) is 0 Å². The zero-order chi connectivity index (χ0) is 16.5. The number of thioether (sulfide) groups is 1. The van der Waals surface area contributed by atoms with Gasteiger partial charge in [-0.3, -0.25) is 0 Å². The van der Waals surface area contributed by atoms with Gasteiger partial charge in [0.25, 0.3) is 0 Å².